The van der Waals surface area contributed by atoms with Crippen LogP contribution in [0.4, 0.5) is 5.69 Å². The summed E-state index contributed by atoms with van der Waals surface area (Å²) in [6.45, 7) is 1.83. The number of rotatable bonds is 3. The van der Waals surface area contributed by atoms with E-state index >= 15 is 0 Å². The third-order valence-electron chi connectivity index (χ3n) is 2.54. The molecule has 0 aliphatic carbocycles. The fraction of sp³-hybridized carbons (Fsp3) is 0.154. The molecule has 0 unspecified atom stereocenters. The molecule has 0 aliphatic heterocycles. The molecule has 0 radical (unpaired) electrons. The Hall–Kier alpha value is -1.88. The largest absolute Gasteiger partial charge is 0.398 e. The van der Waals surface area contributed by atoms with Crippen LogP contribution in [0.5, 0.6) is 0 Å². The van der Waals surface area contributed by atoms with Crippen molar-refractivity contribution in [3.63, 3.8) is 0 Å². The van der Waals surface area contributed by atoms with Gasteiger partial charge in [-0.1, -0.05) is 18.2 Å². The lowest BCUT2D eigenvalue weighted by Gasteiger charge is -2.07. The van der Waals surface area contributed by atoms with Crippen molar-refractivity contribution in [2.45, 2.75) is 17.6 Å². The lowest BCUT2D eigenvalue weighted by atomic mass is 10.3. The van der Waals surface area contributed by atoms with E-state index in [0.29, 0.717) is 5.69 Å². The van der Waals surface area contributed by atoms with Crippen molar-refractivity contribution in [2.75, 3.05) is 5.73 Å². The number of benzene rings is 1. The zero-order chi connectivity index (χ0) is 13.2. The highest BCUT2D eigenvalue weighted by atomic mass is 32.2. The molecule has 0 saturated heterocycles. The minimum Gasteiger partial charge on any atom is -0.398 e. The smallest absolute Gasteiger partial charge is 0.186 e. The average molecular weight is 262 g/mol. The standard InChI is InChI=1S/C13H14N2O2S/c1-10-5-4-6-11(15-10)9-18(16,17)13-8-3-2-7-12(13)14/h2-8H,9,14H2,1H3. The molecule has 94 valence electrons. The Morgan fingerprint density at radius 1 is 1.11 bits per heavy atom. The van der Waals surface area contributed by atoms with Gasteiger partial charge in [-0.3, -0.25) is 4.98 Å². The summed E-state index contributed by atoms with van der Waals surface area (Å²) in [5, 5.41) is 0. The van der Waals surface area contributed by atoms with Crippen LogP contribution < -0.4 is 5.73 Å². The number of anilines is 1. The first-order chi connectivity index (χ1) is 8.49. The van der Waals surface area contributed by atoms with Crippen LogP contribution in [0.2, 0.25) is 0 Å². The Morgan fingerprint density at radius 3 is 2.50 bits per heavy atom. The maximum absolute atomic E-state index is 12.2. The van der Waals surface area contributed by atoms with Gasteiger partial charge in [0.2, 0.25) is 0 Å². The fourth-order valence-electron chi connectivity index (χ4n) is 1.72. The lowest BCUT2D eigenvalue weighted by Crippen LogP contribution is -2.09. The van der Waals surface area contributed by atoms with Gasteiger partial charge in [0.05, 0.1) is 22.0 Å². The molecular weight excluding hydrogens is 248 g/mol. The number of para-hydroxylation sites is 1. The maximum Gasteiger partial charge on any atom is 0.186 e. The average Bonchev–Trinajstić information content (AvgIpc) is 2.28. The van der Waals surface area contributed by atoms with Crippen LogP contribution in [0.25, 0.3) is 0 Å². The van der Waals surface area contributed by atoms with Gasteiger partial charge in [-0.25, -0.2) is 8.42 Å². The predicted molar refractivity (Wildman–Crippen MR) is 70.7 cm³/mol. The van der Waals surface area contributed by atoms with Crippen LogP contribution in [0.3, 0.4) is 0 Å². The summed E-state index contributed by atoms with van der Waals surface area (Å²) >= 11 is 0. The maximum atomic E-state index is 12.2. The molecule has 1 aromatic heterocycles. The van der Waals surface area contributed by atoms with Crippen molar-refractivity contribution < 1.29 is 8.42 Å². The zero-order valence-corrected chi connectivity index (χ0v) is 10.8. The van der Waals surface area contributed by atoms with Crippen LogP contribution >= 0.6 is 0 Å². The third kappa shape index (κ3) is 2.68. The number of nitrogen functional groups attached to an aromatic ring is 1. The zero-order valence-electron chi connectivity index (χ0n) is 10.00. The number of nitrogens with two attached hydrogens (primary N) is 1. The van der Waals surface area contributed by atoms with E-state index in [4.69, 9.17) is 5.73 Å². The first-order valence-corrected chi connectivity index (χ1v) is 7.14. The molecule has 5 heteroatoms. The number of aryl methyl sites for hydroxylation is 1. The summed E-state index contributed by atoms with van der Waals surface area (Å²) in [7, 11) is -3.45. The number of aromatic nitrogens is 1. The first kappa shape index (κ1) is 12.6. The summed E-state index contributed by atoms with van der Waals surface area (Å²) in [6, 6.07) is 11.8. The van der Waals surface area contributed by atoms with Gasteiger partial charge in [-0.05, 0) is 31.2 Å². The molecule has 2 rings (SSSR count). The van der Waals surface area contributed by atoms with Gasteiger partial charge in [0.15, 0.2) is 9.84 Å². The van der Waals surface area contributed by atoms with E-state index in [1.807, 2.05) is 13.0 Å². The quantitative estimate of drug-likeness (QED) is 0.858. The Kier molecular flexibility index (Phi) is 3.34. The van der Waals surface area contributed by atoms with Crippen molar-refractivity contribution >= 4 is 15.5 Å². The van der Waals surface area contributed by atoms with E-state index in [2.05, 4.69) is 4.98 Å². The van der Waals surface area contributed by atoms with Crippen molar-refractivity contribution in [1.82, 2.24) is 4.98 Å². The molecule has 0 atom stereocenters. The van der Waals surface area contributed by atoms with E-state index in [1.165, 1.54) is 6.07 Å². The Balaban J connectivity index is 2.37. The van der Waals surface area contributed by atoms with Gasteiger partial charge in [-0.15, -0.1) is 0 Å². The Morgan fingerprint density at radius 2 is 1.83 bits per heavy atom. The number of sulfone groups is 1. The SMILES string of the molecule is Cc1cccc(CS(=O)(=O)c2ccccc2N)n1. The van der Waals surface area contributed by atoms with E-state index < -0.39 is 9.84 Å². The van der Waals surface area contributed by atoms with Gasteiger partial charge in [0.1, 0.15) is 0 Å². The van der Waals surface area contributed by atoms with Gasteiger partial charge in [0, 0.05) is 5.69 Å². The number of hydrogen-bond acceptors (Lipinski definition) is 4. The predicted octanol–water partition coefficient (Wildman–Crippen LogP) is 1.95. The number of pyridine rings is 1. The monoisotopic (exact) mass is 262 g/mol. The van der Waals surface area contributed by atoms with Crippen LogP contribution in [0, 0.1) is 6.92 Å². The van der Waals surface area contributed by atoms with E-state index in [0.717, 1.165) is 5.69 Å². The Labute approximate surface area is 106 Å². The van der Waals surface area contributed by atoms with Crippen molar-refractivity contribution in [1.29, 1.82) is 0 Å². The molecule has 1 heterocycles. The minimum atomic E-state index is -3.45. The highest BCUT2D eigenvalue weighted by Crippen LogP contribution is 2.21. The molecule has 2 aromatic rings. The Bertz CT molecular complexity index is 666. The minimum absolute atomic E-state index is 0.136. The molecule has 0 bridgehead atoms. The van der Waals surface area contributed by atoms with Crippen LogP contribution in [-0.2, 0) is 15.6 Å². The van der Waals surface area contributed by atoms with Crippen LogP contribution in [0.1, 0.15) is 11.4 Å². The van der Waals surface area contributed by atoms with Crippen molar-refractivity contribution in [3.05, 3.63) is 53.9 Å². The highest BCUT2D eigenvalue weighted by Gasteiger charge is 2.18. The number of hydrogen-bond donors (Lipinski definition) is 1. The van der Waals surface area contributed by atoms with E-state index in [-0.39, 0.29) is 16.3 Å². The molecule has 18 heavy (non-hydrogen) atoms. The highest BCUT2D eigenvalue weighted by molar-refractivity contribution is 7.90. The van der Waals surface area contributed by atoms with E-state index in [9.17, 15) is 8.42 Å². The molecule has 0 amide bonds. The van der Waals surface area contributed by atoms with Gasteiger partial charge in [0.25, 0.3) is 0 Å². The van der Waals surface area contributed by atoms with Crippen LogP contribution in [0.15, 0.2) is 47.4 Å². The normalized spacial score (nSPS) is 11.4. The van der Waals surface area contributed by atoms with Gasteiger partial charge >= 0.3 is 0 Å². The molecule has 0 spiro atoms. The second kappa shape index (κ2) is 4.78. The molecule has 0 fully saturated rings. The van der Waals surface area contributed by atoms with Crippen molar-refractivity contribution in [3.8, 4) is 0 Å². The molecular formula is C13H14N2O2S. The second-order valence-electron chi connectivity index (χ2n) is 4.07. The molecule has 0 aliphatic rings. The molecule has 4 nitrogen and oxygen atoms in total. The van der Waals surface area contributed by atoms with Gasteiger partial charge in [-0.2, -0.15) is 0 Å². The third-order valence-corrected chi connectivity index (χ3v) is 4.26. The summed E-state index contributed by atoms with van der Waals surface area (Å²) in [5.74, 6) is -0.136. The summed E-state index contributed by atoms with van der Waals surface area (Å²) in [6.07, 6.45) is 0. The molecule has 2 N–H and O–H groups in total. The lowest BCUT2D eigenvalue weighted by molar-refractivity contribution is 0.595. The van der Waals surface area contributed by atoms with Crippen molar-refractivity contribution in [2.24, 2.45) is 0 Å². The fourth-order valence-corrected chi connectivity index (χ4v) is 3.13. The second-order valence-corrected chi connectivity index (χ2v) is 6.03. The molecule has 1 aromatic carbocycles. The number of nitrogens with zero attached hydrogens (tertiary/aromatic N) is 1. The first-order valence-electron chi connectivity index (χ1n) is 5.49. The summed E-state index contributed by atoms with van der Waals surface area (Å²) in [5.41, 5.74) is 7.28. The van der Waals surface area contributed by atoms with Gasteiger partial charge < -0.3 is 5.73 Å². The van der Waals surface area contributed by atoms with Crippen LogP contribution in [-0.4, -0.2) is 13.4 Å². The summed E-state index contributed by atoms with van der Waals surface area (Å²) < 4.78 is 24.4. The molecule has 0 saturated carbocycles. The topological polar surface area (TPSA) is 73.0 Å². The van der Waals surface area contributed by atoms with E-state index in [1.54, 1.807) is 30.3 Å². The summed E-state index contributed by atoms with van der Waals surface area (Å²) in [4.78, 5) is 4.35.